The second kappa shape index (κ2) is 6.04. The first-order chi connectivity index (χ1) is 11.0. The highest BCUT2D eigenvalue weighted by molar-refractivity contribution is 6.31. The highest BCUT2D eigenvalue weighted by Gasteiger charge is 2.55. The summed E-state index contributed by atoms with van der Waals surface area (Å²) >= 11 is 6.19. The molecular weight excluding hydrogens is 318 g/mol. The van der Waals surface area contributed by atoms with Crippen LogP contribution in [-0.4, -0.2) is 42.1 Å². The van der Waals surface area contributed by atoms with E-state index in [2.05, 4.69) is 0 Å². The van der Waals surface area contributed by atoms with Crippen LogP contribution in [0, 0.1) is 11.3 Å². The molecule has 5 nitrogen and oxygen atoms in total. The van der Waals surface area contributed by atoms with Gasteiger partial charge in [0.15, 0.2) is 0 Å². The van der Waals surface area contributed by atoms with Gasteiger partial charge in [-0.3, -0.25) is 9.59 Å². The fourth-order valence-corrected chi connectivity index (χ4v) is 4.23. The van der Waals surface area contributed by atoms with E-state index in [9.17, 15) is 14.7 Å². The van der Waals surface area contributed by atoms with Crippen LogP contribution in [0.2, 0.25) is 5.02 Å². The minimum atomic E-state index is -0.773. The Bertz CT molecular complexity index is 647. The van der Waals surface area contributed by atoms with Crippen LogP contribution in [0.4, 0.5) is 0 Å². The van der Waals surface area contributed by atoms with Gasteiger partial charge in [0.1, 0.15) is 5.75 Å². The van der Waals surface area contributed by atoms with E-state index in [1.165, 1.54) is 0 Å². The zero-order chi connectivity index (χ0) is 16.6. The Labute approximate surface area is 140 Å². The van der Waals surface area contributed by atoms with Crippen molar-refractivity contribution in [2.45, 2.75) is 25.7 Å². The number of ether oxygens (including phenoxy) is 1. The molecule has 1 saturated carbocycles. The van der Waals surface area contributed by atoms with E-state index in [0.29, 0.717) is 35.8 Å². The summed E-state index contributed by atoms with van der Waals surface area (Å²) in [4.78, 5) is 26.0. The first-order valence-corrected chi connectivity index (χ1v) is 8.18. The lowest BCUT2D eigenvalue weighted by atomic mass is 9.81. The lowest BCUT2D eigenvalue weighted by Gasteiger charge is -2.23. The molecule has 23 heavy (non-hydrogen) atoms. The van der Waals surface area contributed by atoms with E-state index in [-0.39, 0.29) is 18.2 Å². The van der Waals surface area contributed by atoms with Gasteiger partial charge in [-0.15, -0.1) is 0 Å². The van der Waals surface area contributed by atoms with Crippen LogP contribution in [0.15, 0.2) is 18.2 Å². The number of nitrogens with zero attached hydrogens (tertiary/aromatic N) is 1. The normalized spacial score (nSPS) is 26.2. The van der Waals surface area contributed by atoms with Crippen LogP contribution < -0.4 is 4.74 Å². The predicted molar refractivity (Wildman–Crippen MR) is 85.7 cm³/mol. The molecule has 0 aromatic heterocycles. The van der Waals surface area contributed by atoms with Gasteiger partial charge in [0.25, 0.3) is 0 Å². The summed E-state index contributed by atoms with van der Waals surface area (Å²) in [5, 5.41) is 10.1. The van der Waals surface area contributed by atoms with Crippen molar-refractivity contribution in [3.8, 4) is 5.75 Å². The maximum absolute atomic E-state index is 12.6. The van der Waals surface area contributed by atoms with Gasteiger partial charge < -0.3 is 14.7 Å². The number of hydrogen-bond acceptors (Lipinski definition) is 3. The third kappa shape index (κ3) is 2.67. The largest absolute Gasteiger partial charge is 0.496 e. The highest BCUT2D eigenvalue weighted by Crippen LogP contribution is 2.49. The minimum absolute atomic E-state index is 0.0668. The van der Waals surface area contributed by atoms with Gasteiger partial charge in [-0.2, -0.15) is 0 Å². The molecule has 1 aliphatic carbocycles. The molecule has 3 rings (SSSR count). The Morgan fingerprint density at radius 1 is 1.48 bits per heavy atom. The Hall–Kier alpha value is -1.75. The second-order valence-electron chi connectivity index (χ2n) is 6.42. The lowest BCUT2D eigenvalue weighted by Crippen LogP contribution is -2.37. The summed E-state index contributed by atoms with van der Waals surface area (Å²) < 4.78 is 5.27. The van der Waals surface area contributed by atoms with Gasteiger partial charge in [0, 0.05) is 23.7 Å². The number of aliphatic carboxylic acids is 1. The fourth-order valence-electron chi connectivity index (χ4n) is 3.99. The van der Waals surface area contributed by atoms with Crippen LogP contribution in [0.25, 0.3) is 0 Å². The first-order valence-electron chi connectivity index (χ1n) is 7.80. The average molecular weight is 338 g/mol. The standard InChI is InChI=1S/C17H20ClNO4/c1-23-14-6-2-5-13(18)12(14)8-15(20)19-9-11-4-3-7-17(11,10-19)16(21)22/h2,5-6,11H,3-4,7-10H2,1H3,(H,21,22)/t11-,17+/m0/s1. The fraction of sp³-hybridized carbons (Fsp3) is 0.529. The van der Waals surface area contributed by atoms with Gasteiger partial charge in [0.05, 0.1) is 18.9 Å². The summed E-state index contributed by atoms with van der Waals surface area (Å²) in [6.45, 7) is 0.830. The van der Waals surface area contributed by atoms with Crippen molar-refractivity contribution in [1.82, 2.24) is 4.90 Å². The second-order valence-corrected chi connectivity index (χ2v) is 6.83. The molecule has 1 amide bonds. The summed E-state index contributed by atoms with van der Waals surface area (Å²) in [6.07, 6.45) is 2.60. The van der Waals surface area contributed by atoms with Crippen LogP contribution in [0.5, 0.6) is 5.75 Å². The monoisotopic (exact) mass is 337 g/mol. The SMILES string of the molecule is COc1cccc(Cl)c1CC(=O)N1C[C@@H]2CCC[C@@]2(C(=O)O)C1. The molecule has 2 atom stereocenters. The number of benzene rings is 1. The molecule has 1 aromatic rings. The number of hydrogen-bond donors (Lipinski definition) is 1. The first kappa shape index (κ1) is 16.1. The number of carboxylic acids is 1. The number of carbonyl (C=O) groups excluding carboxylic acids is 1. The summed E-state index contributed by atoms with van der Waals surface area (Å²) in [5.74, 6) is -0.215. The number of likely N-dealkylation sites (tertiary alicyclic amines) is 1. The number of carbonyl (C=O) groups is 2. The van der Waals surface area contributed by atoms with Crippen molar-refractivity contribution in [2.75, 3.05) is 20.2 Å². The van der Waals surface area contributed by atoms with Crippen molar-refractivity contribution in [2.24, 2.45) is 11.3 Å². The van der Waals surface area contributed by atoms with Crippen molar-refractivity contribution < 1.29 is 19.4 Å². The molecule has 0 bridgehead atoms. The Kier molecular flexibility index (Phi) is 4.23. The smallest absolute Gasteiger partial charge is 0.311 e. The van der Waals surface area contributed by atoms with Gasteiger partial charge >= 0.3 is 5.97 Å². The molecule has 1 aliphatic heterocycles. The number of carboxylic acid groups (broad SMARTS) is 1. The molecule has 2 aliphatic rings. The third-order valence-corrected chi connectivity index (χ3v) is 5.63. The van der Waals surface area contributed by atoms with E-state index in [1.807, 2.05) is 0 Å². The maximum Gasteiger partial charge on any atom is 0.311 e. The Balaban J connectivity index is 1.77. The molecular formula is C17H20ClNO4. The van der Waals surface area contributed by atoms with Crippen LogP contribution in [0.1, 0.15) is 24.8 Å². The molecule has 1 N–H and O–H groups in total. The van der Waals surface area contributed by atoms with Crippen molar-refractivity contribution in [3.63, 3.8) is 0 Å². The third-order valence-electron chi connectivity index (χ3n) is 5.27. The maximum atomic E-state index is 12.6. The van der Waals surface area contributed by atoms with Gasteiger partial charge in [0.2, 0.25) is 5.91 Å². The molecule has 1 heterocycles. The van der Waals surface area contributed by atoms with Crippen molar-refractivity contribution >= 4 is 23.5 Å². The molecule has 1 saturated heterocycles. The molecule has 0 radical (unpaired) electrons. The summed E-state index contributed by atoms with van der Waals surface area (Å²) in [6, 6.07) is 5.27. The van der Waals surface area contributed by atoms with Gasteiger partial charge in [-0.25, -0.2) is 0 Å². The number of methoxy groups -OCH3 is 1. The van der Waals surface area contributed by atoms with Crippen molar-refractivity contribution in [1.29, 1.82) is 0 Å². The lowest BCUT2D eigenvalue weighted by molar-refractivity contribution is -0.149. The Morgan fingerprint density at radius 3 is 2.91 bits per heavy atom. The van der Waals surface area contributed by atoms with E-state index < -0.39 is 11.4 Å². The number of fused-ring (bicyclic) bond motifs is 1. The van der Waals surface area contributed by atoms with Crippen LogP contribution in [-0.2, 0) is 16.0 Å². The van der Waals surface area contributed by atoms with Gasteiger partial charge in [-0.05, 0) is 30.9 Å². The molecule has 0 spiro atoms. The van der Waals surface area contributed by atoms with Gasteiger partial charge in [-0.1, -0.05) is 24.1 Å². The number of halogens is 1. The molecule has 1 aromatic carbocycles. The minimum Gasteiger partial charge on any atom is -0.496 e. The zero-order valence-electron chi connectivity index (χ0n) is 13.0. The quantitative estimate of drug-likeness (QED) is 0.917. The molecule has 2 fully saturated rings. The topological polar surface area (TPSA) is 66.8 Å². The van der Waals surface area contributed by atoms with Crippen LogP contribution in [0.3, 0.4) is 0 Å². The van der Waals surface area contributed by atoms with Crippen LogP contribution >= 0.6 is 11.6 Å². The summed E-state index contributed by atoms with van der Waals surface area (Å²) in [5.41, 5.74) is -0.0941. The average Bonchev–Trinajstić information content (AvgIpc) is 3.07. The summed E-state index contributed by atoms with van der Waals surface area (Å²) in [7, 11) is 1.54. The highest BCUT2D eigenvalue weighted by atomic mass is 35.5. The molecule has 0 unspecified atom stereocenters. The number of rotatable bonds is 4. The molecule has 124 valence electrons. The van der Waals surface area contributed by atoms with E-state index in [1.54, 1.807) is 30.2 Å². The molecule has 6 heteroatoms. The van der Waals surface area contributed by atoms with E-state index in [0.717, 1.165) is 12.8 Å². The predicted octanol–water partition coefficient (Wildman–Crippen LogP) is 2.60. The van der Waals surface area contributed by atoms with E-state index in [4.69, 9.17) is 16.3 Å². The Morgan fingerprint density at radius 2 is 2.26 bits per heavy atom. The zero-order valence-corrected chi connectivity index (χ0v) is 13.8. The number of amides is 1. The van der Waals surface area contributed by atoms with Crippen molar-refractivity contribution in [3.05, 3.63) is 28.8 Å². The van der Waals surface area contributed by atoms with E-state index >= 15 is 0 Å².